The number of carbonyl (C=O) groups excluding carboxylic acids is 1. The van der Waals surface area contributed by atoms with Gasteiger partial charge >= 0.3 is 6.03 Å². The molecule has 1 aromatic rings. The van der Waals surface area contributed by atoms with Crippen LogP contribution >= 0.6 is 12.6 Å². The predicted octanol–water partition coefficient (Wildman–Crippen LogP) is 1.87. The van der Waals surface area contributed by atoms with Gasteiger partial charge in [-0.1, -0.05) is 12.1 Å². The number of thiol groups is 1. The summed E-state index contributed by atoms with van der Waals surface area (Å²) in [6.07, 6.45) is 0. The average Bonchev–Trinajstić information content (AvgIpc) is 2.21. The molecule has 0 atom stereocenters. The van der Waals surface area contributed by atoms with Crippen molar-refractivity contribution in [2.45, 2.75) is 24.3 Å². The zero-order chi connectivity index (χ0) is 12.2. The number of para-hydroxylation sites is 1. The highest BCUT2D eigenvalue weighted by Gasteiger charge is 2.19. The second kappa shape index (κ2) is 5.23. The topological polar surface area (TPSA) is 61.4 Å². The number of hydrogen-bond acceptors (Lipinski definition) is 3. The Morgan fingerprint density at radius 1 is 1.44 bits per heavy atom. The van der Waals surface area contributed by atoms with Crippen molar-refractivity contribution in [3.8, 4) is 0 Å². The van der Waals surface area contributed by atoms with Gasteiger partial charge in [0.25, 0.3) is 0 Å². The third-order valence-corrected chi connectivity index (χ3v) is 2.39. The summed E-state index contributed by atoms with van der Waals surface area (Å²) in [5.74, 6) is 0. The minimum absolute atomic E-state index is 0.122. The van der Waals surface area contributed by atoms with Crippen molar-refractivity contribution >= 4 is 24.3 Å². The summed E-state index contributed by atoms with van der Waals surface area (Å²) in [5, 5.41) is 14.3. The highest BCUT2D eigenvalue weighted by molar-refractivity contribution is 7.80. The fraction of sp³-hybridized carbons (Fsp3) is 0.364. The van der Waals surface area contributed by atoms with Gasteiger partial charge in [-0.05, 0) is 26.0 Å². The standard InChI is InChI=1S/C11H16N2O2S/c1-11(2,7-14)13-10(15)12-8-5-3-4-6-9(8)16/h3-6,14,16H,7H2,1-2H3,(H2,12,13,15). The molecule has 0 aliphatic heterocycles. The minimum atomic E-state index is -0.643. The Hall–Kier alpha value is -1.20. The smallest absolute Gasteiger partial charge is 0.319 e. The molecular formula is C11H16N2O2S. The first-order valence-electron chi connectivity index (χ1n) is 4.92. The highest BCUT2D eigenvalue weighted by atomic mass is 32.1. The zero-order valence-electron chi connectivity index (χ0n) is 9.32. The Morgan fingerprint density at radius 2 is 2.06 bits per heavy atom. The van der Waals surface area contributed by atoms with Gasteiger partial charge in [0.1, 0.15) is 0 Å². The van der Waals surface area contributed by atoms with Crippen LogP contribution < -0.4 is 10.6 Å². The number of urea groups is 1. The predicted molar refractivity (Wildman–Crippen MR) is 67.0 cm³/mol. The van der Waals surface area contributed by atoms with Crippen LogP contribution in [0.3, 0.4) is 0 Å². The van der Waals surface area contributed by atoms with E-state index in [2.05, 4.69) is 23.3 Å². The fourth-order valence-corrected chi connectivity index (χ4v) is 1.30. The lowest BCUT2D eigenvalue weighted by molar-refractivity contribution is 0.187. The van der Waals surface area contributed by atoms with Crippen LogP contribution in [-0.2, 0) is 0 Å². The molecule has 0 aliphatic rings. The molecule has 0 heterocycles. The van der Waals surface area contributed by atoms with Crippen LogP contribution in [0, 0.1) is 0 Å². The average molecular weight is 240 g/mol. The van der Waals surface area contributed by atoms with Crippen molar-refractivity contribution in [3.63, 3.8) is 0 Å². The van der Waals surface area contributed by atoms with Gasteiger partial charge in [-0.25, -0.2) is 4.79 Å². The van der Waals surface area contributed by atoms with Crippen LogP contribution in [0.15, 0.2) is 29.2 Å². The lowest BCUT2D eigenvalue weighted by atomic mass is 10.1. The van der Waals surface area contributed by atoms with Crippen molar-refractivity contribution in [1.29, 1.82) is 0 Å². The molecule has 16 heavy (non-hydrogen) atoms. The molecule has 0 aromatic heterocycles. The Morgan fingerprint density at radius 3 is 2.62 bits per heavy atom. The molecule has 0 saturated heterocycles. The van der Waals surface area contributed by atoms with Crippen molar-refractivity contribution in [3.05, 3.63) is 24.3 Å². The molecule has 5 heteroatoms. The molecule has 2 amide bonds. The molecule has 0 bridgehead atoms. The molecule has 0 radical (unpaired) electrons. The van der Waals surface area contributed by atoms with E-state index in [1.807, 2.05) is 12.1 Å². The Labute approximate surface area is 100 Å². The number of benzene rings is 1. The second-order valence-corrected chi connectivity index (χ2v) is 4.62. The SMILES string of the molecule is CC(C)(CO)NC(=O)Nc1ccccc1S. The van der Waals surface area contributed by atoms with Crippen LogP contribution in [0.5, 0.6) is 0 Å². The summed E-state index contributed by atoms with van der Waals surface area (Å²) >= 11 is 4.21. The van der Waals surface area contributed by atoms with E-state index in [0.29, 0.717) is 10.6 Å². The molecule has 0 unspecified atom stereocenters. The molecular weight excluding hydrogens is 224 g/mol. The van der Waals surface area contributed by atoms with Crippen molar-refractivity contribution in [1.82, 2.24) is 5.32 Å². The number of carbonyl (C=O) groups is 1. The van der Waals surface area contributed by atoms with Gasteiger partial charge in [-0.2, -0.15) is 0 Å². The van der Waals surface area contributed by atoms with Crippen molar-refractivity contribution in [2.24, 2.45) is 0 Å². The van der Waals surface area contributed by atoms with Gasteiger partial charge in [0.15, 0.2) is 0 Å². The summed E-state index contributed by atoms with van der Waals surface area (Å²) in [7, 11) is 0. The number of aliphatic hydroxyl groups is 1. The van der Waals surface area contributed by atoms with E-state index in [1.54, 1.807) is 26.0 Å². The number of anilines is 1. The molecule has 0 fully saturated rings. The van der Waals surface area contributed by atoms with E-state index in [0.717, 1.165) is 0 Å². The molecule has 4 nitrogen and oxygen atoms in total. The molecule has 88 valence electrons. The van der Waals surface area contributed by atoms with Crippen LogP contribution in [0.2, 0.25) is 0 Å². The van der Waals surface area contributed by atoms with E-state index in [4.69, 9.17) is 5.11 Å². The zero-order valence-corrected chi connectivity index (χ0v) is 10.2. The quantitative estimate of drug-likeness (QED) is 0.610. The molecule has 1 rings (SSSR count). The van der Waals surface area contributed by atoms with Crippen LogP contribution in [0.1, 0.15) is 13.8 Å². The minimum Gasteiger partial charge on any atom is -0.394 e. The Bertz CT molecular complexity index is 380. The van der Waals surface area contributed by atoms with Crippen molar-refractivity contribution < 1.29 is 9.90 Å². The summed E-state index contributed by atoms with van der Waals surface area (Å²) in [4.78, 5) is 12.3. The maximum atomic E-state index is 11.6. The maximum absolute atomic E-state index is 11.6. The first-order chi connectivity index (χ1) is 7.44. The third-order valence-electron chi connectivity index (χ3n) is 2.00. The van der Waals surface area contributed by atoms with E-state index in [1.165, 1.54) is 0 Å². The van der Waals surface area contributed by atoms with Crippen LogP contribution in [-0.4, -0.2) is 23.3 Å². The number of aliphatic hydroxyl groups excluding tert-OH is 1. The summed E-state index contributed by atoms with van der Waals surface area (Å²) in [6.45, 7) is 3.35. The number of hydrogen-bond donors (Lipinski definition) is 4. The Balaban J connectivity index is 2.62. The van der Waals surface area contributed by atoms with E-state index in [9.17, 15) is 4.79 Å². The van der Waals surface area contributed by atoms with E-state index in [-0.39, 0.29) is 12.6 Å². The Kier molecular flexibility index (Phi) is 4.20. The number of nitrogens with one attached hydrogen (secondary N) is 2. The maximum Gasteiger partial charge on any atom is 0.319 e. The molecule has 1 aromatic carbocycles. The lowest BCUT2D eigenvalue weighted by Crippen LogP contribution is -2.48. The second-order valence-electron chi connectivity index (χ2n) is 4.14. The molecule has 0 spiro atoms. The van der Waals surface area contributed by atoms with Gasteiger partial charge in [0.2, 0.25) is 0 Å². The number of amides is 2. The summed E-state index contributed by atoms with van der Waals surface area (Å²) in [5.41, 5.74) is -0.00705. The van der Waals surface area contributed by atoms with Crippen LogP contribution in [0.4, 0.5) is 10.5 Å². The highest BCUT2D eigenvalue weighted by Crippen LogP contribution is 2.18. The van der Waals surface area contributed by atoms with Gasteiger partial charge < -0.3 is 15.7 Å². The van der Waals surface area contributed by atoms with Gasteiger partial charge in [0.05, 0.1) is 17.8 Å². The van der Waals surface area contributed by atoms with Gasteiger partial charge in [-0.3, -0.25) is 0 Å². The number of rotatable bonds is 3. The van der Waals surface area contributed by atoms with E-state index >= 15 is 0 Å². The normalized spacial score (nSPS) is 11.0. The monoisotopic (exact) mass is 240 g/mol. The molecule has 0 aliphatic carbocycles. The summed E-state index contributed by atoms with van der Waals surface area (Å²) in [6, 6.07) is 6.83. The molecule has 0 saturated carbocycles. The first kappa shape index (κ1) is 12.9. The largest absolute Gasteiger partial charge is 0.394 e. The van der Waals surface area contributed by atoms with Crippen LogP contribution in [0.25, 0.3) is 0 Å². The third kappa shape index (κ3) is 3.75. The van der Waals surface area contributed by atoms with Gasteiger partial charge in [-0.15, -0.1) is 12.6 Å². The van der Waals surface area contributed by atoms with E-state index < -0.39 is 5.54 Å². The fourth-order valence-electron chi connectivity index (χ4n) is 1.08. The first-order valence-corrected chi connectivity index (χ1v) is 5.37. The lowest BCUT2D eigenvalue weighted by Gasteiger charge is -2.23. The molecule has 3 N–H and O–H groups in total. The van der Waals surface area contributed by atoms with Crippen molar-refractivity contribution in [2.75, 3.05) is 11.9 Å². The van der Waals surface area contributed by atoms with Gasteiger partial charge in [0, 0.05) is 4.90 Å². The summed E-state index contributed by atoms with van der Waals surface area (Å²) < 4.78 is 0.